The molecule has 5 nitrogen and oxygen atoms in total. The van der Waals surface area contributed by atoms with E-state index in [1.807, 2.05) is 0 Å². The van der Waals surface area contributed by atoms with Crippen molar-refractivity contribution < 1.29 is 4.74 Å². The zero-order valence-corrected chi connectivity index (χ0v) is 16.3. The largest absolute Gasteiger partial charge is 0.379 e. The van der Waals surface area contributed by atoms with Gasteiger partial charge in [0.05, 0.1) is 19.3 Å². The van der Waals surface area contributed by atoms with E-state index in [1.165, 1.54) is 31.4 Å². The van der Waals surface area contributed by atoms with E-state index in [0.717, 1.165) is 57.5 Å². The summed E-state index contributed by atoms with van der Waals surface area (Å²) in [4.78, 5) is 4.90. The molecule has 0 bridgehead atoms. The summed E-state index contributed by atoms with van der Waals surface area (Å²) in [5.41, 5.74) is 1.37. The molecule has 2 aliphatic heterocycles. The molecule has 3 rings (SSSR count). The Morgan fingerprint density at radius 2 is 2.08 bits per heavy atom. The normalized spacial score (nSPS) is 22.6. The second-order valence-corrected chi connectivity index (χ2v) is 7.53. The van der Waals surface area contributed by atoms with Crippen LogP contribution in [-0.2, 0) is 11.8 Å². The Morgan fingerprint density at radius 3 is 2.84 bits per heavy atom. The topological polar surface area (TPSA) is 32.7 Å². The molecule has 2 saturated heterocycles. The quantitative estimate of drug-likeness (QED) is 0.641. The van der Waals surface area contributed by atoms with Crippen molar-refractivity contribution in [3.63, 3.8) is 0 Å². The highest BCUT2D eigenvalue weighted by atomic mass is 32.1. The molecule has 1 N–H and O–H groups in total. The first-order chi connectivity index (χ1) is 12.3. The molecule has 0 spiro atoms. The van der Waals surface area contributed by atoms with Gasteiger partial charge in [-0.2, -0.15) is 0 Å². The van der Waals surface area contributed by atoms with Crippen molar-refractivity contribution in [3.8, 4) is 0 Å². The number of ether oxygens (including phenoxy) is 1. The Hall–Kier alpha value is -1.11. The summed E-state index contributed by atoms with van der Waals surface area (Å²) in [5, 5.41) is 4.45. The van der Waals surface area contributed by atoms with Crippen molar-refractivity contribution >= 4 is 17.3 Å². The van der Waals surface area contributed by atoms with Crippen LogP contribution in [0.15, 0.2) is 18.3 Å². The highest BCUT2D eigenvalue weighted by Crippen LogP contribution is 2.30. The summed E-state index contributed by atoms with van der Waals surface area (Å²) in [6.07, 6.45) is 8.27. The SMILES string of the molecule is Cn1cccc1[C@H]1CCCCCN1C(=S)NCCCN1CCOCC1. The van der Waals surface area contributed by atoms with Gasteiger partial charge in [0.1, 0.15) is 0 Å². The van der Waals surface area contributed by atoms with Crippen molar-refractivity contribution in [2.45, 2.75) is 38.1 Å². The first-order valence-electron chi connectivity index (χ1n) is 9.71. The van der Waals surface area contributed by atoms with Gasteiger partial charge in [-0.15, -0.1) is 0 Å². The van der Waals surface area contributed by atoms with E-state index in [9.17, 15) is 0 Å². The molecule has 0 unspecified atom stereocenters. The second kappa shape index (κ2) is 9.55. The van der Waals surface area contributed by atoms with Gasteiger partial charge in [-0.3, -0.25) is 4.90 Å². The number of morpholine rings is 1. The van der Waals surface area contributed by atoms with Gasteiger partial charge >= 0.3 is 0 Å². The third kappa shape index (κ3) is 5.19. The molecule has 0 aliphatic carbocycles. The molecule has 1 aromatic heterocycles. The summed E-state index contributed by atoms with van der Waals surface area (Å²) in [7, 11) is 2.14. The van der Waals surface area contributed by atoms with E-state index in [1.54, 1.807) is 0 Å². The molecule has 0 saturated carbocycles. The van der Waals surface area contributed by atoms with E-state index >= 15 is 0 Å². The molecule has 140 valence electrons. The predicted octanol–water partition coefficient (Wildman–Crippen LogP) is 2.54. The van der Waals surface area contributed by atoms with Gasteiger partial charge in [-0.25, -0.2) is 0 Å². The van der Waals surface area contributed by atoms with Crippen molar-refractivity contribution in [2.24, 2.45) is 7.05 Å². The van der Waals surface area contributed by atoms with Gasteiger partial charge in [0.15, 0.2) is 5.11 Å². The Balaban J connectivity index is 1.50. The summed E-state index contributed by atoms with van der Waals surface area (Å²) in [6.45, 7) is 7.01. The fraction of sp³-hybridized carbons (Fsp3) is 0.737. The maximum Gasteiger partial charge on any atom is 0.169 e. The minimum absolute atomic E-state index is 0.404. The van der Waals surface area contributed by atoms with Gasteiger partial charge in [0, 0.05) is 45.1 Å². The number of likely N-dealkylation sites (tertiary alicyclic amines) is 1. The number of thiocarbonyl (C=S) groups is 1. The smallest absolute Gasteiger partial charge is 0.169 e. The van der Waals surface area contributed by atoms with Crippen molar-refractivity contribution in [1.82, 2.24) is 19.7 Å². The van der Waals surface area contributed by atoms with Gasteiger partial charge in [0.25, 0.3) is 0 Å². The van der Waals surface area contributed by atoms with Crippen molar-refractivity contribution in [2.75, 3.05) is 45.9 Å². The number of rotatable bonds is 5. The monoisotopic (exact) mass is 364 g/mol. The minimum atomic E-state index is 0.404. The third-order valence-electron chi connectivity index (χ3n) is 5.37. The molecule has 0 radical (unpaired) electrons. The number of aryl methyl sites for hydroxylation is 1. The Labute approximate surface area is 157 Å². The molecule has 1 atom stereocenters. The lowest BCUT2D eigenvalue weighted by molar-refractivity contribution is 0.0375. The zero-order chi connectivity index (χ0) is 17.5. The highest BCUT2D eigenvalue weighted by Gasteiger charge is 2.26. The zero-order valence-electron chi connectivity index (χ0n) is 15.5. The predicted molar refractivity (Wildman–Crippen MR) is 106 cm³/mol. The number of hydrogen-bond donors (Lipinski definition) is 1. The first-order valence-corrected chi connectivity index (χ1v) is 10.1. The third-order valence-corrected chi connectivity index (χ3v) is 5.75. The van der Waals surface area contributed by atoms with Gasteiger partial charge in [-0.1, -0.05) is 12.8 Å². The summed E-state index contributed by atoms with van der Waals surface area (Å²) >= 11 is 5.77. The van der Waals surface area contributed by atoms with E-state index < -0.39 is 0 Å². The van der Waals surface area contributed by atoms with Crippen LogP contribution >= 0.6 is 12.2 Å². The molecule has 1 aromatic rings. The number of nitrogens with one attached hydrogen (secondary N) is 1. The maximum atomic E-state index is 5.77. The van der Waals surface area contributed by atoms with Gasteiger partial charge in [0.2, 0.25) is 0 Å². The summed E-state index contributed by atoms with van der Waals surface area (Å²) in [5.74, 6) is 0. The average Bonchev–Trinajstić information content (AvgIpc) is 2.91. The molecule has 0 aromatic carbocycles. The highest BCUT2D eigenvalue weighted by molar-refractivity contribution is 7.80. The molecule has 3 heterocycles. The Bertz CT molecular complexity index is 541. The fourth-order valence-corrected chi connectivity index (χ4v) is 4.22. The minimum Gasteiger partial charge on any atom is -0.379 e. The van der Waals surface area contributed by atoms with Crippen molar-refractivity contribution in [3.05, 3.63) is 24.0 Å². The lowest BCUT2D eigenvalue weighted by Crippen LogP contribution is -2.43. The average molecular weight is 365 g/mol. The van der Waals surface area contributed by atoms with Gasteiger partial charge < -0.3 is 19.5 Å². The second-order valence-electron chi connectivity index (χ2n) is 7.14. The van der Waals surface area contributed by atoms with E-state index in [0.29, 0.717) is 6.04 Å². The number of nitrogens with zero attached hydrogens (tertiary/aromatic N) is 3. The van der Waals surface area contributed by atoms with E-state index in [-0.39, 0.29) is 0 Å². The fourth-order valence-electron chi connectivity index (χ4n) is 3.90. The van der Waals surface area contributed by atoms with Crippen LogP contribution in [0.3, 0.4) is 0 Å². The lowest BCUT2D eigenvalue weighted by atomic mass is 10.1. The molecular weight excluding hydrogens is 332 g/mol. The van der Waals surface area contributed by atoms with Crippen LogP contribution in [0.25, 0.3) is 0 Å². The van der Waals surface area contributed by atoms with Crippen LogP contribution < -0.4 is 5.32 Å². The molecule has 2 aliphatic rings. The summed E-state index contributed by atoms with van der Waals surface area (Å²) in [6, 6.07) is 4.78. The van der Waals surface area contributed by atoms with Crippen LogP contribution in [0.5, 0.6) is 0 Å². The maximum absolute atomic E-state index is 5.77. The standard InChI is InChI=1S/C19H32N4OS/c1-21-10-5-8-17(21)18-7-3-2-4-12-23(18)19(25)20-9-6-11-22-13-15-24-16-14-22/h5,8,10,18H,2-4,6-7,9,11-16H2,1H3,(H,20,25)/t18-/m1/s1. The van der Waals surface area contributed by atoms with E-state index in [4.69, 9.17) is 17.0 Å². The molecule has 2 fully saturated rings. The summed E-state index contributed by atoms with van der Waals surface area (Å²) < 4.78 is 7.65. The van der Waals surface area contributed by atoms with Crippen LogP contribution in [-0.4, -0.2) is 65.4 Å². The number of hydrogen-bond acceptors (Lipinski definition) is 3. The van der Waals surface area contributed by atoms with Crippen LogP contribution in [0.1, 0.15) is 43.8 Å². The van der Waals surface area contributed by atoms with Gasteiger partial charge in [-0.05, 0) is 50.2 Å². The lowest BCUT2D eigenvalue weighted by Gasteiger charge is -2.33. The first kappa shape index (κ1) is 18.7. The van der Waals surface area contributed by atoms with Crippen LogP contribution in [0.4, 0.5) is 0 Å². The van der Waals surface area contributed by atoms with E-state index in [2.05, 4.69) is 45.1 Å². The van der Waals surface area contributed by atoms with Crippen molar-refractivity contribution in [1.29, 1.82) is 0 Å². The van der Waals surface area contributed by atoms with Crippen LogP contribution in [0.2, 0.25) is 0 Å². The molecule has 6 heteroatoms. The molecule has 0 amide bonds. The molecular formula is C19H32N4OS. The molecule has 25 heavy (non-hydrogen) atoms. The number of aromatic nitrogens is 1. The Kier molecular flexibility index (Phi) is 7.13. The van der Waals surface area contributed by atoms with Crippen LogP contribution in [0, 0.1) is 0 Å². The Morgan fingerprint density at radius 1 is 1.24 bits per heavy atom.